The van der Waals surface area contributed by atoms with Gasteiger partial charge in [-0.15, -0.1) is 0 Å². The van der Waals surface area contributed by atoms with Crippen molar-refractivity contribution in [2.24, 2.45) is 0 Å². The molecule has 0 saturated heterocycles. The van der Waals surface area contributed by atoms with E-state index in [1.165, 1.54) is 0 Å². The second kappa shape index (κ2) is 3.91. The van der Waals surface area contributed by atoms with Crippen LogP contribution in [0, 0.1) is 0 Å². The first-order valence-electron chi connectivity index (χ1n) is 4.04. The van der Waals surface area contributed by atoms with Gasteiger partial charge in [-0.05, 0) is 31.5 Å². The summed E-state index contributed by atoms with van der Waals surface area (Å²) in [7, 11) is 0. The molecule has 0 fully saturated rings. The zero-order chi connectivity index (χ0) is 10.9. The number of carboxylic acids is 1. The van der Waals surface area contributed by atoms with Crippen molar-refractivity contribution in [3.8, 4) is 0 Å². The van der Waals surface area contributed by atoms with E-state index in [-0.39, 0.29) is 0 Å². The molecule has 1 aromatic carbocycles. The van der Waals surface area contributed by atoms with Crippen LogP contribution < -0.4 is 0 Å². The quantitative estimate of drug-likeness (QED) is 0.899. The Hall–Kier alpha value is -0.540. The SMILES string of the molecule is CC(C)(C(=O)O)c1ccc(Cl)cc1Br. The number of carbonyl (C=O) groups is 1. The van der Waals surface area contributed by atoms with Crippen molar-refractivity contribution < 1.29 is 9.90 Å². The number of hydrogen-bond donors (Lipinski definition) is 1. The molecule has 0 aliphatic carbocycles. The first kappa shape index (κ1) is 11.5. The van der Waals surface area contributed by atoms with E-state index in [9.17, 15) is 4.79 Å². The van der Waals surface area contributed by atoms with Crippen molar-refractivity contribution in [1.82, 2.24) is 0 Å². The van der Waals surface area contributed by atoms with E-state index in [1.54, 1.807) is 32.0 Å². The monoisotopic (exact) mass is 276 g/mol. The van der Waals surface area contributed by atoms with E-state index < -0.39 is 11.4 Å². The lowest BCUT2D eigenvalue weighted by Gasteiger charge is -2.21. The molecule has 4 heteroatoms. The van der Waals surface area contributed by atoms with Crippen LogP contribution >= 0.6 is 27.5 Å². The van der Waals surface area contributed by atoms with Gasteiger partial charge in [0.1, 0.15) is 0 Å². The highest BCUT2D eigenvalue weighted by Gasteiger charge is 2.31. The van der Waals surface area contributed by atoms with Crippen LogP contribution in [-0.4, -0.2) is 11.1 Å². The average molecular weight is 278 g/mol. The standard InChI is InChI=1S/C10H10BrClO2/c1-10(2,9(13)14)7-4-3-6(12)5-8(7)11/h3-5H,1-2H3,(H,13,14). The molecule has 0 unspecified atom stereocenters. The van der Waals surface area contributed by atoms with Crippen LogP contribution in [0.15, 0.2) is 22.7 Å². The Bertz CT molecular complexity index is 374. The molecule has 0 atom stereocenters. The van der Waals surface area contributed by atoms with E-state index in [0.29, 0.717) is 5.02 Å². The van der Waals surface area contributed by atoms with Crippen LogP contribution in [0.2, 0.25) is 5.02 Å². The van der Waals surface area contributed by atoms with Crippen LogP contribution in [0.3, 0.4) is 0 Å². The Balaban J connectivity index is 3.26. The van der Waals surface area contributed by atoms with Gasteiger partial charge in [0.15, 0.2) is 0 Å². The van der Waals surface area contributed by atoms with Gasteiger partial charge in [0.2, 0.25) is 0 Å². The van der Waals surface area contributed by atoms with E-state index in [1.807, 2.05) is 0 Å². The molecule has 0 amide bonds. The van der Waals surface area contributed by atoms with Crippen molar-refractivity contribution >= 4 is 33.5 Å². The second-order valence-corrected chi connectivity index (χ2v) is 4.85. The molecular weight excluding hydrogens is 267 g/mol. The summed E-state index contributed by atoms with van der Waals surface area (Å²) in [5.74, 6) is -0.861. The molecule has 0 aliphatic heterocycles. The van der Waals surface area contributed by atoms with Gasteiger partial charge >= 0.3 is 5.97 Å². The van der Waals surface area contributed by atoms with Gasteiger partial charge in [0, 0.05) is 9.50 Å². The van der Waals surface area contributed by atoms with E-state index in [4.69, 9.17) is 16.7 Å². The molecule has 1 rings (SSSR count). The van der Waals surface area contributed by atoms with Gasteiger partial charge in [0.25, 0.3) is 0 Å². The Labute approximate surface area is 96.0 Å². The van der Waals surface area contributed by atoms with Crippen molar-refractivity contribution in [3.63, 3.8) is 0 Å². The largest absolute Gasteiger partial charge is 0.481 e. The molecule has 76 valence electrons. The summed E-state index contributed by atoms with van der Waals surface area (Å²) < 4.78 is 0.720. The third-order valence-corrected chi connectivity index (χ3v) is 3.03. The topological polar surface area (TPSA) is 37.3 Å². The van der Waals surface area contributed by atoms with Crippen LogP contribution in [0.4, 0.5) is 0 Å². The molecule has 0 aromatic heterocycles. The fourth-order valence-electron chi connectivity index (χ4n) is 1.11. The molecule has 0 spiro atoms. The molecule has 14 heavy (non-hydrogen) atoms. The van der Waals surface area contributed by atoms with Gasteiger partial charge in [-0.1, -0.05) is 33.6 Å². The first-order chi connectivity index (χ1) is 6.35. The summed E-state index contributed by atoms with van der Waals surface area (Å²) in [4.78, 5) is 11.0. The third-order valence-electron chi connectivity index (χ3n) is 2.14. The van der Waals surface area contributed by atoms with Crippen molar-refractivity contribution in [2.75, 3.05) is 0 Å². The highest BCUT2D eigenvalue weighted by Crippen LogP contribution is 2.32. The maximum atomic E-state index is 11.0. The summed E-state index contributed by atoms with van der Waals surface area (Å²) in [5.41, 5.74) is -0.196. The number of hydrogen-bond acceptors (Lipinski definition) is 1. The summed E-state index contributed by atoms with van der Waals surface area (Å²) in [5, 5.41) is 9.62. The fraction of sp³-hybridized carbons (Fsp3) is 0.300. The van der Waals surface area contributed by atoms with Crippen molar-refractivity contribution in [1.29, 1.82) is 0 Å². The van der Waals surface area contributed by atoms with Crippen LogP contribution in [0.1, 0.15) is 19.4 Å². The van der Waals surface area contributed by atoms with Crippen molar-refractivity contribution in [2.45, 2.75) is 19.3 Å². The highest BCUT2D eigenvalue weighted by molar-refractivity contribution is 9.10. The lowest BCUT2D eigenvalue weighted by Crippen LogP contribution is -2.28. The third kappa shape index (κ3) is 2.10. The Morgan fingerprint density at radius 3 is 2.50 bits per heavy atom. The van der Waals surface area contributed by atoms with E-state index >= 15 is 0 Å². The maximum Gasteiger partial charge on any atom is 0.313 e. The zero-order valence-corrected chi connectivity index (χ0v) is 10.2. The smallest absolute Gasteiger partial charge is 0.313 e. The summed E-state index contributed by atoms with van der Waals surface area (Å²) in [6.45, 7) is 3.31. The minimum atomic E-state index is -0.913. The molecule has 1 aromatic rings. The van der Waals surface area contributed by atoms with Crippen LogP contribution in [0.5, 0.6) is 0 Å². The maximum absolute atomic E-state index is 11.0. The van der Waals surface area contributed by atoms with Crippen LogP contribution in [0.25, 0.3) is 0 Å². The highest BCUT2D eigenvalue weighted by atomic mass is 79.9. The first-order valence-corrected chi connectivity index (χ1v) is 5.21. The summed E-state index contributed by atoms with van der Waals surface area (Å²) in [6, 6.07) is 5.11. The predicted molar refractivity (Wildman–Crippen MR) is 59.8 cm³/mol. The lowest BCUT2D eigenvalue weighted by atomic mass is 9.85. The van der Waals surface area contributed by atoms with Gasteiger partial charge in [-0.3, -0.25) is 4.79 Å². The normalized spacial score (nSPS) is 11.4. The minimum absolute atomic E-state index is 0.585. The van der Waals surface area contributed by atoms with Gasteiger partial charge in [-0.2, -0.15) is 0 Å². The van der Waals surface area contributed by atoms with Gasteiger partial charge in [-0.25, -0.2) is 0 Å². The molecule has 0 bridgehead atoms. The van der Waals surface area contributed by atoms with E-state index in [0.717, 1.165) is 10.0 Å². The molecule has 2 nitrogen and oxygen atoms in total. The number of benzene rings is 1. The number of aliphatic carboxylic acids is 1. The number of halogens is 2. The molecule has 0 heterocycles. The Morgan fingerprint density at radius 1 is 1.50 bits per heavy atom. The fourth-order valence-corrected chi connectivity index (χ4v) is 2.29. The molecule has 0 aliphatic rings. The minimum Gasteiger partial charge on any atom is -0.481 e. The molecular formula is C10H10BrClO2. The zero-order valence-electron chi connectivity index (χ0n) is 7.84. The average Bonchev–Trinajstić information content (AvgIpc) is 2.02. The number of carboxylic acid groups (broad SMARTS) is 1. The lowest BCUT2D eigenvalue weighted by molar-refractivity contribution is -0.142. The molecule has 0 radical (unpaired) electrons. The second-order valence-electron chi connectivity index (χ2n) is 3.55. The Kier molecular flexibility index (Phi) is 3.22. The molecule has 0 saturated carbocycles. The molecule has 1 N–H and O–H groups in total. The summed E-state index contributed by atoms with van der Waals surface area (Å²) >= 11 is 9.07. The number of rotatable bonds is 2. The van der Waals surface area contributed by atoms with E-state index in [2.05, 4.69) is 15.9 Å². The van der Waals surface area contributed by atoms with Crippen LogP contribution in [-0.2, 0) is 10.2 Å². The van der Waals surface area contributed by atoms with Crippen molar-refractivity contribution in [3.05, 3.63) is 33.3 Å². The predicted octanol–water partition coefficient (Wildman–Crippen LogP) is 3.46. The Morgan fingerprint density at radius 2 is 2.07 bits per heavy atom. The van der Waals surface area contributed by atoms with Gasteiger partial charge in [0.05, 0.1) is 5.41 Å². The summed E-state index contributed by atoms with van der Waals surface area (Å²) in [6.07, 6.45) is 0. The van der Waals surface area contributed by atoms with Gasteiger partial charge < -0.3 is 5.11 Å².